The lowest BCUT2D eigenvalue weighted by atomic mass is 9.96. The summed E-state index contributed by atoms with van der Waals surface area (Å²) in [6.45, 7) is 2.72. The zero-order valence-corrected chi connectivity index (χ0v) is 22.9. The minimum absolute atomic E-state index is 0.0161. The highest BCUT2D eigenvalue weighted by Gasteiger charge is 2.36. The largest absolute Gasteiger partial charge is 0.492 e. The topological polar surface area (TPSA) is 79.8 Å². The van der Waals surface area contributed by atoms with Crippen LogP contribution in [0.25, 0.3) is 10.2 Å². The molecule has 0 atom stereocenters. The maximum absolute atomic E-state index is 14.2. The van der Waals surface area contributed by atoms with E-state index in [-0.39, 0.29) is 31.8 Å². The number of aromatic nitrogens is 1. The van der Waals surface area contributed by atoms with Crippen LogP contribution in [0.4, 0.5) is 13.9 Å². The Kier molecular flexibility index (Phi) is 7.92. The summed E-state index contributed by atoms with van der Waals surface area (Å²) in [5, 5.41) is 0.530. The Morgan fingerprint density at radius 3 is 2.54 bits per heavy atom. The molecule has 0 aliphatic carbocycles. The number of carbonyl (C=O) groups excluding carboxylic acids is 1. The zero-order valence-electron chi connectivity index (χ0n) is 21.2. The fourth-order valence-corrected chi connectivity index (χ4v) is 7.22. The van der Waals surface area contributed by atoms with E-state index < -0.39 is 32.5 Å². The number of para-hydroxylation sites is 1. The minimum atomic E-state index is -4.24. The van der Waals surface area contributed by atoms with E-state index in [1.165, 1.54) is 11.3 Å². The summed E-state index contributed by atoms with van der Waals surface area (Å²) in [5.74, 6) is -1.82. The number of piperidine rings is 1. The van der Waals surface area contributed by atoms with Gasteiger partial charge in [-0.25, -0.2) is 22.2 Å². The molecule has 3 aromatic carbocycles. The third kappa shape index (κ3) is 5.66. The van der Waals surface area contributed by atoms with Crippen LogP contribution in [0.5, 0.6) is 5.75 Å². The first-order chi connectivity index (χ1) is 18.8. The van der Waals surface area contributed by atoms with Crippen molar-refractivity contribution in [3.05, 3.63) is 83.9 Å². The van der Waals surface area contributed by atoms with Crippen molar-refractivity contribution >= 4 is 42.6 Å². The van der Waals surface area contributed by atoms with Crippen LogP contribution in [0.3, 0.4) is 0 Å². The normalized spacial score (nSPS) is 14.9. The smallest absolute Gasteiger partial charge is 0.246 e. The summed E-state index contributed by atoms with van der Waals surface area (Å²) in [6, 6.07) is 17.6. The third-order valence-electron chi connectivity index (χ3n) is 6.67. The summed E-state index contributed by atoms with van der Waals surface area (Å²) in [4.78, 5) is 19.6. The summed E-state index contributed by atoms with van der Waals surface area (Å²) in [6.07, 6.45) is 0.491. The van der Waals surface area contributed by atoms with Gasteiger partial charge in [0.2, 0.25) is 15.9 Å². The van der Waals surface area contributed by atoms with Crippen LogP contribution in [0.1, 0.15) is 25.3 Å². The fraction of sp³-hybridized carbons (Fsp3) is 0.286. The molecule has 11 heteroatoms. The van der Waals surface area contributed by atoms with Crippen LogP contribution in [0.2, 0.25) is 0 Å². The molecule has 0 bridgehead atoms. The second-order valence-electron chi connectivity index (χ2n) is 9.20. The first kappa shape index (κ1) is 27.2. The van der Waals surface area contributed by atoms with Crippen molar-refractivity contribution in [2.24, 2.45) is 5.92 Å². The molecular weight excluding hydrogens is 544 g/mol. The van der Waals surface area contributed by atoms with Crippen molar-refractivity contribution in [1.29, 1.82) is 0 Å². The number of carbonyl (C=O) groups is 1. The number of thiazole rings is 1. The number of hydrogen-bond donors (Lipinski definition) is 0. The number of hydrogen-bond acceptors (Lipinski definition) is 6. The fourth-order valence-electron chi connectivity index (χ4n) is 4.68. The van der Waals surface area contributed by atoms with Gasteiger partial charge in [0.25, 0.3) is 0 Å². The lowest BCUT2D eigenvalue weighted by molar-refractivity contribution is -0.123. The molecule has 7 nitrogen and oxygen atoms in total. The second kappa shape index (κ2) is 11.4. The van der Waals surface area contributed by atoms with E-state index in [2.05, 4.69) is 0 Å². The van der Waals surface area contributed by atoms with Crippen molar-refractivity contribution in [3.63, 3.8) is 0 Å². The van der Waals surface area contributed by atoms with E-state index >= 15 is 0 Å². The van der Waals surface area contributed by atoms with E-state index in [0.29, 0.717) is 35.6 Å². The molecular formula is C28H27F2N3O4S2. The van der Waals surface area contributed by atoms with Gasteiger partial charge in [-0.05, 0) is 55.7 Å². The van der Waals surface area contributed by atoms with E-state index in [1.54, 1.807) is 4.90 Å². The maximum atomic E-state index is 14.2. The number of rotatable bonds is 8. The van der Waals surface area contributed by atoms with Gasteiger partial charge in [0.1, 0.15) is 27.8 Å². The highest BCUT2D eigenvalue weighted by Crippen LogP contribution is 2.36. The van der Waals surface area contributed by atoms with Crippen LogP contribution < -0.4 is 9.64 Å². The van der Waals surface area contributed by atoms with E-state index in [4.69, 9.17) is 9.72 Å². The van der Waals surface area contributed by atoms with Crippen LogP contribution >= 0.6 is 11.3 Å². The molecule has 39 heavy (non-hydrogen) atoms. The predicted molar refractivity (Wildman–Crippen MR) is 146 cm³/mol. The Hall–Kier alpha value is -3.41. The van der Waals surface area contributed by atoms with Crippen LogP contribution in [-0.2, 0) is 21.4 Å². The Balaban J connectivity index is 1.40. The zero-order chi connectivity index (χ0) is 27.6. The molecule has 1 amide bonds. The highest BCUT2D eigenvalue weighted by atomic mass is 32.2. The number of ether oxygens (including phenoxy) is 1. The molecule has 204 valence electrons. The van der Waals surface area contributed by atoms with Crippen LogP contribution in [0.15, 0.2) is 71.6 Å². The molecule has 4 aromatic rings. The Morgan fingerprint density at radius 1 is 1.08 bits per heavy atom. The Morgan fingerprint density at radius 2 is 1.82 bits per heavy atom. The van der Waals surface area contributed by atoms with Crippen molar-refractivity contribution in [3.8, 4) is 5.75 Å². The number of amides is 1. The van der Waals surface area contributed by atoms with Crippen molar-refractivity contribution in [2.75, 3.05) is 24.6 Å². The molecule has 0 saturated carbocycles. The second-order valence-corrected chi connectivity index (χ2v) is 12.1. The first-order valence-corrected chi connectivity index (χ1v) is 14.9. The van der Waals surface area contributed by atoms with Gasteiger partial charge in [0, 0.05) is 19.0 Å². The van der Waals surface area contributed by atoms with E-state index in [9.17, 15) is 22.0 Å². The molecule has 0 unspecified atom stereocenters. The lowest BCUT2D eigenvalue weighted by Gasteiger charge is -2.33. The first-order valence-electron chi connectivity index (χ1n) is 12.6. The number of halogens is 2. The summed E-state index contributed by atoms with van der Waals surface area (Å²) < 4.78 is 61.7. The number of sulfonamides is 1. The van der Waals surface area contributed by atoms with Crippen LogP contribution in [0, 0.1) is 17.6 Å². The predicted octanol–water partition coefficient (Wildman–Crippen LogP) is 5.61. The van der Waals surface area contributed by atoms with Gasteiger partial charge in [0.05, 0.1) is 17.9 Å². The molecule has 1 aliphatic heterocycles. The highest BCUT2D eigenvalue weighted by molar-refractivity contribution is 7.89. The monoisotopic (exact) mass is 571 g/mol. The van der Waals surface area contributed by atoms with E-state index in [1.807, 2.05) is 55.5 Å². The maximum Gasteiger partial charge on any atom is 0.246 e. The quantitative estimate of drug-likeness (QED) is 0.275. The average Bonchev–Trinajstić information content (AvgIpc) is 3.38. The molecule has 1 saturated heterocycles. The van der Waals surface area contributed by atoms with Crippen molar-refractivity contribution in [1.82, 2.24) is 9.29 Å². The molecule has 0 N–H and O–H groups in total. The van der Waals surface area contributed by atoms with Crippen LogP contribution in [-0.4, -0.2) is 43.3 Å². The summed E-state index contributed by atoms with van der Waals surface area (Å²) in [7, 11) is -4.24. The van der Waals surface area contributed by atoms with Crippen molar-refractivity contribution in [2.45, 2.75) is 31.2 Å². The summed E-state index contributed by atoms with van der Waals surface area (Å²) in [5.41, 5.74) is 1.61. The number of nitrogens with zero attached hydrogens (tertiary/aromatic N) is 3. The molecule has 1 fully saturated rings. The molecule has 1 aromatic heterocycles. The molecule has 1 aliphatic rings. The van der Waals surface area contributed by atoms with Gasteiger partial charge in [-0.1, -0.05) is 47.7 Å². The number of benzene rings is 3. The molecule has 0 spiro atoms. The van der Waals surface area contributed by atoms with E-state index in [0.717, 1.165) is 26.7 Å². The Bertz CT molecular complexity index is 1590. The number of anilines is 1. The van der Waals surface area contributed by atoms with Gasteiger partial charge >= 0.3 is 0 Å². The lowest BCUT2D eigenvalue weighted by Crippen LogP contribution is -2.44. The Labute approximate surface area is 229 Å². The van der Waals surface area contributed by atoms with Gasteiger partial charge < -0.3 is 4.74 Å². The molecule has 0 radical (unpaired) electrons. The third-order valence-corrected chi connectivity index (χ3v) is 9.62. The van der Waals surface area contributed by atoms with Gasteiger partial charge in [-0.2, -0.15) is 4.31 Å². The van der Waals surface area contributed by atoms with Crippen molar-refractivity contribution < 1.29 is 26.7 Å². The summed E-state index contributed by atoms with van der Waals surface area (Å²) >= 11 is 1.39. The molecule has 2 heterocycles. The standard InChI is InChI=1S/C28H27F2N3O4S2/c1-2-37-23-9-6-10-24-26(23)31-28(38-24)33(18-19-7-4-3-5-8-19)27(34)20-13-15-32(16-14-20)39(35,36)25-17-21(29)11-12-22(25)30/h3-12,17,20H,2,13-16,18H2,1H3. The van der Waals surface area contributed by atoms with Gasteiger partial charge in [-0.3, -0.25) is 9.69 Å². The molecule has 5 rings (SSSR count). The number of fused-ring (bicyclic) bond motifs is 1. The van der Waals surface area contributed by atoms with Gasteiger partial charge in [0.15, 0.2) is 5.13 Å². The van der Waals surface area contributed by atoms with Gasteiger partial charge in [-0.15, -0.1) is 0 Å². The average molecular weight is 572 g/mol. The SMILES string of the molecule is CCOc1cccc2sc(N(Cc3ccccc3)C(=O)C3CCN(S(=O)(=O)c4cc(F)ccc4F)CC3)nc12. The minimum Gasteiger partial charge on any atom is -0.492 e.